The summed E-state index contributed by atoms with van der Waals surface area (Å²) in [6, 6.07) is 0. The van der Waals surface area contributed by atoms with E-state index < -0.39 is 18.7 Å². The minimum atomic E-state index is -2.95. The molecule has 8 nitrogen and oxygen atoms in total. The van der Waals surface area contributed by atoms with Crippen molar-refractivity contribution in [1.29, 1.82) is 0 Å². The molecule has 0 heterocycles. The molecule has 1 aliphatic rings. The Hall–Kier alpha value is -1.95. The Morgan fingerprint density at radius 2 is 2.00 bits per heavy atom. The van der Waals surface area contributed by atoms with E-state index in [4.69, 9.17) is 4.74 Å². The number of aliphatic hydroxyl groups is 2. The van der Waals surface area contributed by atoms with Crippen molar-refractivity contribution in [3.8, 4) is 0 Å². The van der Waals surface area contributed by atoms with Crippen LogP contribution in [0.25, 0.3) is 0 Å². The zero-order valence-corrected chi connectivity index (χ0v) is 21.0. The molecule has 0 aromatic heterocycles. The monoisotopic (exact) mass is 485 g/mol. The lowest BCUT2D eigenvalue weighted by molar-refractivity contribution is -0.188. The summed E-state index contributed by atoms with van der Waals surface area (Å²) in [6.07, 6.45) is 8.88. The maximum absolute atomic E-state index is 13.8. The Bertz CT molecular complexity index is 747. The van der Waals surface area contributed by atoms with Gasteiger partial charge in [-0.05, 0) is 39.0 Å². The summed E-state index contributed by atoms with van der Waals surface area (Å²) in [4.78, 5) is 7.94. The van der Waals surface area contributed by atoms with Crippen molar-refractivity contribution in [2.24, 2.45) is 4.99 Å². The van der Waals surface area contributed by atoms with Crippen molar-refractivity contribution in [3.63, 3.8) is 0 Å². The summed E-state index contributed by atoms with van der Waals surface area (Å²) in [7, 11) is 1.60. The van der Waals surface area contributed by atoms with Crippen LogP contribution in [0.15, 0.2) is 52.7 Å². The molecule has 0 radical (unpaired) electrons. The van der Waals surface area contributed by atoms with E-state index in [0.29, 0.717) is 44.2 Å². The minimum absolute atomic E-state index is 0.0726. The third kappa shape index (κ3) is 10.1. The number of allylic oxidation sites excluding steroid dienone is 6. The van der Waals surface area contributed by atoms with Crippen LogP contribution >= 0.6 is 0 Å². The number of rotatable bonds is 15. The first kappa shape index (κ1) is 30.1. The number of ether oxygens (including phenoxy) is 1. The van der Waals surface area contributed by atoms with Crippen LogP contribution in [-0.2, 0) is 4.74 Å². The van der Waals surface area contributed by atoms with E-state index in [-0.39, 0.29) is 12.2 Å². The fourth-order valence-electron chi connectivity index (χ4n) is 3.20. The average molecular weight is 486 g/mol. The molecule has 1 rings (SSSR count). The molecular weight excluding hydrogens is 444 g/mol. The number of halogens is 2. The summed E-state index contributed by atoms with van der Waals surface area (Å²) in [5, 5.41) is 26.6. The molecule has 1 aliphatic carbocycles. The first-order valence-corrected chi connectivity index (χ1v) is 11.8. The molecule has 0 saturated carbocycles. The number of nitrogens with zero attached hydrogens (tertiary/aromatic N) is 3. The van der Waals surface area contributed by atoms with E-state index in [2.05, 4.69) is 15.6 Å². The van der Waals surface area contributed by atoms with Crippen molar-refractivity contribution in [1.82, 2.24) is 20.4 Å². The van der Waals surface area contributed by atoms with E-state index in [1.807, 2.05) is 26.8 Å². The van der Waals surface area contributed by atoms with Gasteiger partial charge < -0.3 is 14.9 Å². The lowest BCUT2D eigenvalue weighted by Crippen LogP contribution is -2.46. The van der Waals surface area contributed by atoms with Gasteiger partial charge in [0.2, 0.25) is 6.41 Å². The molecule has 4 N–H and O–H groups in total. The molecular formula is C24H41F2N5O3. The third-order valence-electron chi connectivity index (χ3n) is 5.10. The number of nitrogens with one attached hydrogen (secondary N) is 2. The van der Waals surface area contributed by atoms with Crippen LogP contribution < -0.4 is 10.6 Å². The lowest BCUT2D eigenvalue weighted by Gasteiger charge is -2.30. The van der Waals surface area contributed by atoms with Crippen LogP contribution in [0.2, 0.25) is 0 Å². The quantitative estimate of drug-likeness (QED) is 0.123. The Labute approximate surface area is 202 Å². The maximum atomic E-state index is 13.8. The molecule has 0 aliphatic heterocycles. The summed E-state index contributed by atoms with van der Waals surface area (Å²) in [5.74, 6) is -2.47. The topological polar surface area (TPSA) is 92.6 Å². The van der Waals surface area contributed by atoms with Crippen molar-refractivity contribution >= 4 is 5.84 Å². The molecule has 0 amide bonds. The minimum Gasteiger partial charge on any atom is -0.361 e. The van der Waals surface area contributed by atoms with Gasteiger partial charge in [0.05, 0.1) is 6.67 Å². The van der Waals surface area contributed by atoms with Crippen LogP contribution in [0.4, 0.5) is 8.78 Å². The van der Waals surface area contributed by atoms with E-state index in [9.17, 15) is 19.0 Å². The highest BCUT2D eigenvalue weighted by Gasteiger charge is 2.27. The van der Waals surface area contributed by atoms with Crippen molar-refractivity contribution in [2.45, 2.75) is 59.2 Å². The Kier molecular flexibility index (Phi) is 14.0. The number of hydrogen-bond acceptors (Lipinski definition) is 7. The van der Waals surface area contributed by atoms with Gasteiger partial charge in [0.25, 0.3) is 5.92 Å². The van der Waals surface area contributed by atoms with Crippen LogP contribution in [0.1, 0.15) is 40.5 Å². The summed E-state index contributed by atoms with van der Waals surface area (Å²) in [5.41, 5.74) is 0.477. The second-order valence-electron chi connectivity index (χ2n) is 7.67. The highest BCUT2D eigenvalue weighted by atomic mass is 19.3. The molecule has 0 aromatic carbocycles. The van der Waals surface area contributed by atoms with Gasteiger partial charge in [0.1, 0.15) is 5.84 Å². The van der Waals surface area contributed by atoms with Crippen molar-refractivity contribution in [3.05, 3.63) is 47.7 Å². The number of likely N-dealkylation sites (N-methyl/N-ethyl adjacent to an activating group) is 1. The van der Waals surface area contributed by atoms with Gasteiger partial charge in [-0.15, -0.1) is 0 Å². The molecule has 2 unspecified atom stereocenters. The van der Waals surface area contributed by atoms with Crippen LogP contribution in [0.3, 0.4) is 0 Å². The predicted molar refractivity (Wildman–Crippen MR) is 132 cm³/mol. The first-order valence-electron chi connectivity index (χ1n) is 11.8. The van der Waals surface area contributed by atoms with E-state index in [1.54, 1.807) is 35.1 Å². The maximum Gasteiger partial charge on any atom is 0.270 e. The third-order valence-corrected chi connectivity index (χ3v) is 5.10. The molecule has 0 fully saturated rings. The van der Waals surface area contributed by atoms with Gasteiger partial charge in [-0.2, -0.15) is 0 Å². The highest BCUT2D eigenvalue weighted by molar-refractivity contribution is 5.94. The Morgan fingerprint density at radius 3 is 2.59 bits per heavy atom. The fraction of sp³-hybridized carbons (Fsp3) is 0.625. The normalized spacial score (nSPS) is 17.1. The summed E-state index contributed by atoms with van der Waals surface area (Å²) in [6.45, 7) is 9.04. The van der Waals surface area contributed by atoms with Gasteiger partial charge in [0, 0.05) is 44.4 Å². The molecule has 0 spiro atoms. The van der Waals surface area contributed by atoms with E-state index in [1.165, 1.54) is 12.2 Å². The molecule has 34 heavy (non-hydrogen) atoms. The Morgan fingerprint density at radius 1 is 1.26 bits per heavy atom. The van der Waals surface area contributed by atoms with E-state index in [0.717, 1.165) is 13.3 Å². The zero-order valence-electron chi connectivity index (χ0n) is 21.0. The van der Waals surface area contributed by atoms with E-state index >= 15 is 0 Å². The molecule has 0 aromatic rings. The molecule has 194 valence electrons. The highest BCUT2D eigenvalue weighted by Crippen LogP contribution is 2.28. The number of aliphatic imine (C=N–C) groups is 1. The number of aliphatic hydroxyl groups excluding tert-OH is 2. The number of alkyl halides is 2. The largest absolute Gasteiger partial charge is 0.361 e. The SMILES string of the molecule is CC/C=C/C(=N/CNCCN(CC)C(O)OCC)N(C1=CCC=C(C(C)(F)F)C=C1)C(O)NC. The molecule has 0 saturated heterocycles. The smallest absolute Gasteiger partial charge is 0.270 e. The standard InChI is InChI=1S/C24H41F2N5O3/c1-6-9-13-21(29-18-28-16-17-30(7-2)23(33)34-8-3)31(22(32)27-5)20-12-10-11-19(14-15-20)24(4,25)26/h9,11-15,22-23,27-28,32-33H,6-8,10,16-18H2,1-5H3/b13-9+,29-21-. The second kappa shape index (κ2) is 15.9. The van der Waals surface area contributed by atoms with Gasteiger partial charge in [-0.1, -0.05) is 38.2 Å². The van der Waals surface area contributed by atoms with Gasteiger partial charge >= 0.3 is 0 Å². The van der Waals surface area contributed by atoms with Gasteiger partial charge in [-0.3, -0.25) is 25.4 Å². The Balaban J connectivity index is 2.99. The molecule has 10 heteroatoms. The lowest BCUT2D eigenvalue weighted by atomic mass is 10.1. The van der Waals surface area contributed by atoms with Crippen molar-refractivity contribution < 1.29 is 23.7 Å². The molecule has 0 bridgehead atoms. The number of amidine groups is 1. The zero-order chi connectivity index (χ0) is 25.6. The predicted octanol–water partition coefficient (Wildman–Crippen LogP) is 2.76. The van der Waals surface area contributed by atoms with Gasteiger partial charge in [-0.25, -0.2) is 8.78 Å². The van der Waals surface area contributed by atoms with Crippen LogP contribution in [0, 0.1) is 0 Å². The van der Waals surface area contributed by atoms with Crippen LogP contribution in [0.5, 0.6) is 0 Å². The fourth-order valence-corrected chi connectivity index (χ4v) is 3.20. The van der Waals surface area contributed by atoms with Gasteiger partial charge in [0.15, 0.2) is 6.35 Å². The second-order valence-corrected chi connectivity index (χ2v) is 7.67. The van der Waals surface area contributed by atoms with Crippen molar-refractivity contribution in [2.75, 3.05) is 40.0 Å². The van der Waals surface area contributed by atoms with Crippen LogP contribution in [-0.4, -0.2) is 84.5 Å². The average Bonchev–Trinajstić information content (AvgIpc) is 3.05. The molecule has 2 atom stereocenters. The summed E-state index contributed by atoms with van der Waals surface area (Å²) < 4.78 is 32.8. The first-order chi connectivity index (χ1) is 16.2. The summed E-state index contributed by atoms with van der Waals surface area (Å²) >= 11 is 0. The number of hydrogen-bond donors (Lipinski definition) is 4.